The van der Waals surface area contributed by atoms with Gasteiger partial charge in [-0.2, -0.15) is 0 Å². The number of benzene rings is 1. The second kappa shape index (κ2) is 9.47. The first kappa shape index (κ1) is 22.4. The van der Waals surface area contributed by atoms with Crippen LogP contribution < -0.4 is 15.2 Å². The third-order valence-electron chi connectivity index (χ3n) is 6.91. The van der Waals surface area contributed by atoms with Gasteiger partial charge in [-0.15, -0.1) is 11.3 Å². The Labute approximate surface area is 199 Å². The molecule has 33 heavy (non-hydrogen) atoms. The molecule has 1 saturated heterocycles. The lowest BCUT2D eigenvalue weighted by atomic mass is 9.91. The van der Waals surface area contributed by atoms with Crippen molar-refractivity contribution in [3.63, 3.8) is 0 Å². The second-order valence-electron chi connectivity index (χ2n) is 9.60. The molecule has 6 nitrogen and oxygen atoms in total. The summed E-state index contributed by atoms with van der Waals surface area (Å²) >= 11 is 1.74. The molecule has 5 rings (SSSR count). The average Bonchev–Trinajstić information content (AvgIpc) is 3.20. The molecular formula is C26H34N4O2S. The highest BCUT2D eigenvalue weighted by Gasteiger charge is 2.31. The number of para-hydroxylation sites is 2. The van der Waals surface area contributed by atoms with Gasteiger partial charge in [0.1, 0.15) is 10.6 Å². The van der Waals surface area contributed by atoms with E-state index >= 15 is 0 Å². The van der Waals surface area contributed by atoms with E-state index in [1.54, 1.807) is 22.2 Å². The summed E-state index contributed by atoms with van der Waals surface area (Å²) < 4.78 is 7.65. The first-order chi connectivity index (χ1) is 16.0. The fourth-order valence-corrected chi connectivity index (χ4v) is 6.59. The van der Waals surface area contributed by atoms with Crippen molar-refractivity contribution in [1.82, 2.24) is 14.5 Å². The first-order valence-electron chi connectivity index (χ1n) is 12.3. The maximum atomic E-state index is 13.1. The van der Waals surface area contributed by atoms with Crippen LogP contribution in [0.25, 0.3) is 10.2 Å². The number of rotatable bonds is 6. The molecule has 0 bridgehead atoms. The van der Waals surface area contributed by atoms with Gasteiger partial charge in [0.15, 0.2) is 0 Å². The van der Waals surface area contributed by atoms with E-state index in [0.717, 1.165) is 68.0 Å². The van der Waals surface area contributed by atoms with E-state index in [0.29, 0.717) is 18.6 Å². The fourth-order valence-electron chi connectivity index (χ4n) is 5.34. The molecule has 1 unspecified atom stereocenters. The van der Waals surface area contributed by atoms with Crippen molar-refractivity contribution in [2.24, 2.45) is 5.92 Å². The van der Waals surface area contributed by atoms with Crippen LogP contribution >= 0.6 is 11.3 Å². The number of thiophene rings is 1. The molecular weight excluding hydrogens is 432 g/mol. The lowest BCUT2D eigenvalue weighted by molar-refractivity contribution is 0.171. The third kappa shape index (κ3) is 4.41. The normalized spacial score (nSPS) is 19.3. The molecule has 176 valence electrons. The van der Waals surface area contributed by atoms with Gasteiger partial charge in [0.2, 0.25) is 0 Å². The van der Waals surface area contributed by atoms with E-state index in [4.69, 9.17) is 4.74 Å². The monoisotopic (exact) mass is 466 g/mol. The quantitative estimate of drug-likeness (QED) is 0.545. The lowest BCUT2D eigenvalue weighted by Gasteiger charge is -2.41. The van der Waals surface area contributed by atoms with Gasteiger partial charge in [-0.05, 0) is 49.8 Å². The van der Waals surface area contributed by atoms with Crippen molar-refractivity contribution < 1.29 is 4.74 Å². The summed E-state index contributed by atoms with van der Waals surface area (Å²) in [4.78, 5) is 25.2. The van der Waals surface area contributed by atoms with E-state index in [2.05, 4.69) is 46.8 Å². The number of nitrogens with zero attached hydrogens (tertiary/aromatic N) is 4. The zero-order chi connectivity index (χ0) is 22.9. The molecule has 3 aromatic rings. The molecule has 1 aromatic carbocycles. The van der Waals surface area contributed by atoms with E-state index in [1.165, 1.54) is 16.1 Å². The number of aryl methyl sites for hydroxylation is 1. The molecule has 1 fully saturated rings. The Morgan fingerprint density at radius 3 is 2.73 bits per heavy atom. The Hall–Kier alpha value is -2.38. The zero-order valence-corrected chi connectivity index (χ0v) is 20.7. The second-order valence-corrected chi connectivity index (χ2v) is 10.7. The number of ether oxygens (including phenoxy) is 1. The first-order valence-corrected chi connectivity index (χ1v) is 13.1. The maximum absolute atomic E-state index is 13.1. The van der Waals surface area contributed by atoms with Crippen LogP contribution in [-0.4, -0.2) is 53.3 Å². The maximum Gasteiger partial charge on any atom is 0.262 e. The van der Waals surface area contributed by atoms with Gasteiger partial charge in [0.25, 0.3) is 5.56 Å². The van der Waals surface area contributed by atoms with Gasteiger partial charge in [-0.3, -0.25) is 14.3 Å². The fraction of sp³-hybridized carbons (Fsp3) is 0.538. The van der Waals surface area contributed by atoms with Gasteiger partial charge in [0.05, 0.1) is 24.0 Å². The average molecular weight is 467 g/mol. The Morgan fingerprint density at radius 2 is 1.97 bits per heavy atom. The van der Waals surface area contributed by atoms with Crippen molar-refractivity contribution in [3.8, 4) is 5.75 Å². The van der Waals surface area contributed by atoms with Crippen LogP contribution in [0.4, 0.5) is 5.69 Å². The predicted molar refractivity (Wildman–Crippen MR) is 136 cm³/mol. The van der Waals surface area contributed by atoms with Crippen LogP contribution in [0.15, 0.2) is 35.4 Å². The Morgan fingerprint density at radius 1 is 1.18 bits per heavy atom. The van der Waals surface area contributed by atoms with Gasteiger partial charge in [-0.1, -0.05) is 26.0 Å². The van der Waals surface area contributed by atoms with Crippen molar-refractivity contribution in [2.45, 2.75) is 52.6 Å². The van der Waals surface area contributed by atoms with Crippen molar-refractivity contribution in [2.75, 3.05) is 37.7 Å². The van der Waals surface area contributed by atoms with Crippen LogP contribution in [0.1, 0.15) is 37.6 Å². The summed E-state index contributed by atoms with van der Waals surface area (Å²) in [7, 11) is 0. The third-order valence-corrected chi connectivity index (χ3v) is 8.07. The van der Waals surface area contributed by atoms with Gasteiger partial charge >= 0.3 is 0 Å². The van der Waals surface area contributed by atoms with Gasteiger partial charge in [0, 0.05) is 43.6 Å². The zero-order valence-electron chi connectivity index (χ0n) is 19.9. The molecule has 1 aliphatic carbocycles. The molecule has 0 radical (unpaired) electrons. The molecule has 1 aliphatic heterocycles. The molecule has 0 N–H and O–H groups in total. The van der Waals surface area contributed by atoms with E-state index in [1.807, 2.05) is 13.0 Å². The Bertz CT molecular complexity index is 1180. The minimum absolute atomic E-state index is 0.145. The summed E-state index contributed by atoms with van der Waals surface area (Å²) in [6.45, 7) is 11.9. The van der Waals surface area contributed by atoms with Crippen LogP contribution in [0.5, 0.6) is 5.75 Å². The van der Waals surface area contributed by atoms with E-state index < -0.39 is 0 Å². The number of hydrogen-bond acceptors (Lipinski definition) is 6. The predicted octanol–water partition coefficient (Wildman–Crippen LogP) is 4.19. The largest absolute Gasteiger partial charge is 0.492 e. The number of piperazine rings is 1. The minimum Gasteiger partial charge on any atom is -0.492 e. The molecule has 2 aliphatic rings. The van der Waals surface area contributed by atoms with E-state index in [9.17, 15) is 4.79 Å². The minimum atomic E-state index is 0.145. The number of aromatic nitrogens is 2. The van der Waals surface area contributed by atoms with Crippen LogP contribution in [0, 0.1) is 5.92 Å². The highest BCUT2D eigenvalue weighted by Crippen LogP contribution is 2.36. The standard InChI is InChI=1S/C26H34N4O2S/c1-4-32-22-8-6-5-7-21(22)29-13-11-28(12-14-29)19-9-10-20-23(15-19)33-25-24(20)26(31)30(17-27-25)16-18(2)3/h5-8,17-19H,4,9-16H2,1-3H3. The lowest BCUT2D eigenvalue weighted by Crippen LogP contribution is -2.51. The van der Waals surface area contributed by atoms with Gasteiger partial charge in [-0.25, -0.2) is 4.98 Å². The Balaban J connectivity index is 1.29. The number of anilines is 1. The highest BCUT2D eigenvalue weighted by molar-refractivity contribution is 7.18. The van der Waals surface area contributed by atoms with Gasteiger partial charge < -0.3 is 9.64 Å². The number of hydrogen-bond donors (Lipinski definition) is 0. The number of fused-ring (bicyclic) bond motifs is 3. The molecule has 7 heteroatoms. The molecule has 1 atom stereocenters. The highest BCUT2D eigenvalue weighted by atomic mass is 32.1. The van der Waals surface area contributed by atoms with Crippen LogP contribution in [0.3, 0.4) is 0 Å². The summed E-state index contributed by atoms with van der Waals surface area (Å²) in [5, 5.41) is 0.883. The summed E-state index contributed by atoms with van der Waals surface area (Å²) in [5.74, 6) is 1.41. The van der Waals surface area contributed by atoms with Crippen molar-refractivity contribution >= 4 is 27.2 Å². The van der Waals surface area contributed by atoms with Crippen LogP contribution in [0.2, 0.25) is 0 Å². The smallest absolute Gasteiger partial charge is 0.262 e. The molecule has 3 heterocycles. The molecule has 0 spiro atoms. The van der Waals surface area contributed by atoms with Crippen LogP contribution in [-0.2, 0) is 19.4 Å². The SMILES string of the molecule is CCOc1ccccc1N1CCN(C2CCc3c(sc4ncn(CC(C)C)c(=O)c34)C2)CC1. The van der Waals surface area contributed by atoms with E-state index in [-0.39, 0.29) is 5.56 Å². The summed E-state index contributed by atoms with van der Waals surface area (Å²) in [5.41, 5.74) is 2.62. The van der Waals surface area contributed by atoms with Crippen molar-refractivity contribution in [1.29, 1.82) is 0 Å². The molecule has 0 saturated carbocycles. The topological polar surface area (TPSA) is 50.6 Å². The summed E-state index contributed by atoms with van der Waals surface area (Å²) in [6, 6.07) is 8.93. The summed E-state index contributed by atoms with van der Waals surface area (Å²) in [6.07, 6.45) is 4.88. The molecule has 0 amide bonds. The van der Waals surface area contributed by atoms with Crippen molar-refractivity contribution in [3.05, 3.63) is 51.4 Å². The Kier molecular flexibility index (Phi) is 6.43. The molecule has 2 aromatic heterocycles.